The second-order valence-electron chi connectivity index (χ2n) is 8.75. The molecule has 5 heteroatoms. The van der Waals surface area contributed by atoms with E-state index in [0.717, 1.165) is 33.4 Å². The first-order valence-corrected chi connectivity index (χ1v) is 11.1. The summed E-state index contributed by atoms with van der Waals surface area (Å²) in [5.41, 5.74) is 5.95. The molecule has 0 radical (unpaired) electrons. The van der Waals surface area contributed by atoms with Crippen LogP contribution in [-0.4, -0.2) is 11.8 Å². The molecule has 1 heterocycles. The second kappa shape index (κ2) is 5.99. The molecule has 2 bridgehead atoms. The van der Waals surface area contributed by atoms with Crippen LogP contribution in [0.1, 0.15) is 33.4 Å². The third kappa shape index (κ3) is 2.07. The van der Waals surface area contributed by atoms with Gasteiger partial charge in [-0.2, -0.15) is 0 Å². The molecular formula is C26H19Cl2NO2. The van der Waals surface area contributed by atoms with Crippen molar-refractivity contribution in [3.05, 3.63) is 100 Å². The molecule has 2 atom stereocenters. The zero-order valence-electron chi connectivity index (χ0n) is 17.0. The third-order valence-electron chi connectivity index (χ3n) is 7.33. The van der Waals surface area contributed by atoms with Gasteiger partial charge in [0.1, 0.15) is 9.75 Å². The standard InChI is InChI=1S/C26H19Cl2NO2/c1-14-11-12-16(13-15(14)2)29-23(30)21-22(24(29)31)26(28)18-8-4-3-7-17(18)25(21,27)19-9-5-6-10-20(19)26/h3-13,21-22H,1-2H3/t21-,22+,25?,26?. The average molecular weight is 448 g/mol. The van der Waals surface area contributed by atoms with E-state index in [4.69, 9.17) is 23.2 Å². The number of hydrogen-bond donors (Lipinski definition) is 0. The minimum atomic E-state index is -1.14. The molecule has 2 amide bonds. The van der Waals surface area contributed by atoms with Crippen LogP contribution in [0.5, 0.6) is 0 Å². The molecule has 7 rings (SSSR count). The van der Waals surface area contributed by atoms with Crippen LogP contribution in [0.3, 0.4) is 0 Å². The van der Waals surface area contributed by atoms with Gasteiger partial charge in [-0.05, 0) is 59.4 Å². The van der Waals surface area contributed by atoms with E-state index < -0.39 is 21.6 Å². The van der Waals surface area contributed by atoms with Gasteiger partial charge >= 0.3 is 0 Å². The van der Waals surface area contributed by atoms with E-state index in [1.165, 1.54) is 4.90 Å². The zero-order chi connectivity index (χ0) is 21.7. The molecule has 3 aromatic carbocycles. The van der Waals surface area contributed by atoms with Crippen molar-refractivity contribution in [1.29, 1.82) is 0 Å². The molecule has 4 aliphatic rings. The van der Waals surface area contributed by atoms with Gasteiger partial charge in [-0.25, -0.2) is 4.90 Å². The molecular weight excluding hydrogens is 429 g/mol. The number of alkyl halides is 2. The van der Waals surface area contributed by atoms with Gasteiger partial charge in [0.2, 0.25) is 11.8 Å². The predicted molar refractivity (Wildman–Crippen MR) is 122 cm³/mol. The number of aryl methyl sites for hydroxylation is 2. The maximum atomic E-state index is 13.9. The topological polar surface area (TPSA) is 37.4 Å². The lowest BCUT2D eigenvalue weighted by molar-refractivity contribution is -0.122. The molecule has 1 saturated heterocycles. The van der Waals surface area contributed by atoms with Crippen molar-refractivity contribution >= 4 is 40.7 Å². The SMILES string of the molecule is Cc1ccc(N2C(=O)[C@@H]3[C@H](C2=O)C2(Cl)c4ccccc4C3(Cl)c3ccccc32)cc1C. The van der Waals surface area contributed by atoms with Crippen molar-refractivity contribution in [2.45, 2.75) is 23.6 Å². The number of halogens is 2. The smallest absolute Gasteiger partial charge is 0.240 e. The van der Waals surface area contributed by atoms with Gasteiger partial charge in [0, 0.05) is 0 Å². The predicted octanol–water partition coefficient (Wildman–Crippen LogP) is 5.40. The Morgan fingerprint density at radius 1 is 0.677 bits per heavy atom. The quantitative estimate of drug-likeness (QED) is 0.369. The molecule has 0 unspecified atom stereocenters. The van der Waals surface area contributed by atoms with Crippen molar-refractivity contribution in [3.8, 4) is 0 Å². The summed E-state index contributed by atoms with van der Waals surface area (Å²) in [6.45, 7) is 3.97. The second-order valence-corrected chi connectivity index (χ2v) is 9.94. The van der Waals surface area contributed by atoms with Gasteiger partial charge in [0.05, 0.1) is 17.5 Å². The average Bonchev–Trinajstić information content (AvgIpc) is 3.05. The summed E-state index contributed by atoms with van der Waals surface area (Å²) < 4.78 is 0. The number of amides is 2. The van der Waals surface area contributed by atoms with Gasteiger partial charge in [-0.15, -0.1) is 23.2 Å². The van der Waals surface area contributed by atoms with Gasteiger partial charge in [0.25, 0.3) is 0 Å². The molecule has 154 valence electrons. The summed E-state index contributed by atoms with van der Waals surface area (Å²) in [6, 6.07) is 21.0. The Balaban J connectivity index is 1.65. The van der Waals surface area contributed by atoms with Crippen molar-refractivity contribution < 1.29 is 9.59 Å². The Morgan fingerprint density at radius 2 is 1.10 bits per heavy atom. The van der Waals surface area contributed by atoms with Crippen LogP contribution in [0, 0.1) is 25.7 Å². The molecule has 0 aromatic heterocycles. The molecule has 0 saturated carbocycles. The van der Waals surface area contributed by atoms with Crippen LogP contribution in [0.15, 0.2) is 66.7 Å². The van der Waals surface area contributed by atoms with Crippen LogP contribution in [0.25, 0.3) is 0 Å². The molecule has 1 fully saturated rings. The lowest BCUT2D eigenvalue weighted by Crippen LogP contribution is -2.57. The summed E-state index contributed by atoms with van der Waals surface area (Å²) in [7, 11) is 0. The highest BCUT2D eigenvalue weighted by Gasteiger charge is 2.73. The highest BCUT2D eigenvalue weighted by atomic mass is 35.5. The first-order valence-electron chi connectivity index (χ1n) is 10.3. The van der Waals surface area contributed by atoms with E-state index in [-0.39, 0.29) is 11.8 Å². The number of anilines is 1. The number of carbonyl (C=O) groups excluding carboxylic acids is 2. The fraction of sp³-hybridized carbons (Fsp3) is 0.231. The summed E-state index contributed by atoms with van der Waals surface area (Å²) in [4.78, 5) is 26.7. The fourth-order valence-corrected chi connectivity index (χ4v) is 6.88. The van der Waals surface area contributed by atoms with E-state index in [9.17, 15) is 9.59 Å². The van der Waals surface area contributed by atoms with Crippen molar-refractivity contribution in [2.75, 3.05) is 4.90 Å². The minimum absolute atomic E-state index is 0.290. The third-order valence-corrected chi connectivity index (χ3v) is 8.62. The van der Waals surface area contributed by atoms with Crippen molar-refractivity contribution in [2.24, 2.45) is 11.8 Å². The summed E-state index contributed by atoms with van der Waals surface area (Å²) in [5.74, 6) is -2.12. The number of benzene rings is 3. The number of hydrogen-bond acceptors (Lipinski definition) is 2. The normalized spacial score (nSPS) is 30.3. The molecule has 31 heavy (non-hydrogen) atoms. The zero-order valence-corrected chi connectivity index (χ0v) is 18.5. The van der Waals surface area contributed by atoms with Gasteiger partial charge < -0.3 is 0 Å². The van der Waals surface area contributed by atoms with Crippen LogP contribution in [0.2, 0.25) is 0 Å². The maximum Gasteiger partial charge on any atom is 0.240 e. The Bertz CT molecular complexity index is 1190. The fourth-order valence-electron chi connectivity index (χ4n) is 5.79. The van der Waals surface area contributed by atoms with E-state index in [1.54, 1.807) is 0 Å². The lowest BCUT2D eigenvalue weighted by atomic mass is 9.54. The van der Waals surface area contributed by atoms with Crippen molar-refractivity contribution in [3.63, 3.8) is 0 Å². The number of imide groups is 1. The number of nitrogens with zero attached hydrogens (tertiary/aromatic N) is 1. The first-order chi connectivity index (χ1) is 14.8. The van der Waals surface area contributed by atoms with E-state index in [2.05, 4.69) is 0 Å². The molecule has 3 aliphatic carbocycles. The summed E-state index contributed by atoms with van der Waals surface area (Å²) in [6.07, 6.45) is 0. The highest BCUT2D eigenvalue weighted by molar-refractivity contribution is 6.38. The Hall–Kier alpha value is -2.62. The Kier molecular flexibility index (Phi) is 3.69. The molecule has 0 N–H and O–H groups in total. The van der Waals surface area contributed by atoms with E-state index >= 15 is 0 Å². The van der Waals surface area contributed by atoms with Gasteiger partial charge in [-0.3, -0.25) is 9.59 Å². The van der Waals surface area contributed by atoms with Crippen molar-refractivity contribution in [1.82, 2.24) is 0 Å². The van der Waals surface area contributed by atoms with Gasteiger partial charge in [0.15, 0.2) is 0 Å². The monoisotopic (exact) mass is 447 g/mol. The van der Waals surface area contributed by atoms with E-state index in [1.807, 2.05) is 80.6 Å². The van der Waals surface area contributed by atoms with Crippen LogP contribution < -0.4 is 4.90 Å². The minimum Gasteiger partial charge on any atom is -0.274 e. The summed E-state index contributed by atoms with van der Waals surface area (Å²) >= 11 is 14.9. The Labute approximate surface area is 190 Å². The Morgan fingerprint density at radius 3 is 1.48 bits per heavy atom. The molecule has 3 nitrogen and oxygen atoms in total. The van der Waals surface area contributed by atoms with E-state index in [0.29, 0.717) is 5.69 Å². The largest absolute Gasteiger partial charge is 0.274 e. The first kappa shape index (κ1) is 19.1. The van der Waals surface area contributed by atoms with Crippen LogP contribution in [-0.2, 0) is 19.3 Å². The molecule has 1 aliphatic heterocycles. The number of rotatable bonds is 1. The number of carbonyl (C=O) groups is 2. The highest BCUT2D eigenvalue weighted by Crippen LogP contribution is 2.69. The van der Waals surface area contributed by atoms with Gasteiger partial charge in [-0.1, -0.05) is 54.6 Å². The lowest BCUT2D eigenvalue weighted by Gasteiger charge is -2.54. The maximum absolute atomic E-state index is 13.9. The summed E-state index contributed by atoms with van der Waals surface area (Å²) in [5, 5.41) is 0. The molecule has 3 aromatic rings. The molecule has 0 spiro atoms. The van der Waals surface area contributed by atoms with Crippen LogP contribution >= 0.6 is 23.2 Å². The van der Waals surface area contributed by atoms with Crippen LogP contribution in [0.4, 0.5) is 5.69 Å².